The summed E-state index contributed by atoms with van der Waals surface area (Å²) in [5.41, 5.74) is 9.73. The number of carbonyl (C=O) groups excluding carboxylic acids is 3. The number of aryl methyl sites for hydroxylation is 2. The number of rotatable bonds is 10. The molecule has 3 amide bonds. The minimum Gasteiger partial charge on any atom is -0.358 e. The number of pyridine rings is 1. The summed E-state index contributed by atoms with van der Waals surface area (Å²) in [7, 11) is 1.61. The van der Waals surface area contributed by atoms with Crippen molar-refractivity contribution in [2.24, 2.45) is 0 Å². The highest BCUT2D eigenvalue weighted by Crippen LogP contribution is 2.32. The van der Waals surface area contributed by atoms with Crippen molar-refractivity contribution in [3.63, 3.8) is 0 Å². The summed E-state index contributed by atoms with van der Waals surface area (Å²) in [6.07, 6.45) is 3.36. The molecule has 268 valence electrons. The Bertz CT molecular complexity index is 2140. The minimum atomic E-state index is -0.130. The van der Waals surface area contributed by atoms with Crippen LogP contribution in [0.5, 0.6) is 0 Å². The molecule has 0 atom stereocenters. The first-order valence-corrected chi connectivity index (χ1v) is 17.7. The average Bonchev–Trinajstić information content (AvgIpc) is 3.65. The number of aromatic nitrogens is 5. The lowest BCUT2D eigenvalue weighted by Gasteiger charge is -2.28. The molecule has 13 nitrogen and oxygen atoms in total. The van der Waals surface area contributed by atoms with Gasteiger partial charge < -0.3 is 25.8 Å². The Labute approximate surface area is 303 Å². The maximum absolute atomic E-state index is 13.8. The SMILES string of the molecule is CNC(=O)Cn1nc(Nc2cccc(C)c2)c2c1CCN(C(=O)Cc1ccc(Nc3nn(Cc4ccccn4)c4c3CN(C(C)=O)CC4)cc1C)C2. The third-order valence-electron chi connectivity index (χ3n) is 9.90. The van der Waals surface area contributed by atoms with Crippen LogP contribution in [0.3, 0.4) is 0 Å². The molecule has 0 aliphatic carbocycles. The molecule has 5 heterocycles. The normalized spacial score (nSPS) is 13.7. The third-order valence-corrected chi connectivity index (χ3v) is 9.90. The molecule has 0 bridgehead atoms. The van der Waals surface area contributed by atoms with E-state index >= 15 is 0 Å². The Balaban J connectivity index is 1.07. The number of hydrogen-bond acceptors (Lipinski definition) is 8. The lowest BCUT2D eigenvalue weighted by molar-refractivity contribution is -0.131. The molecule has 2 aliphatic heterocycles. The van der Waals surface area contributed by atoms with Gasteiger partial charge in [-0.2, -0.15) is 10.2 Å². The second kappa shape index (κ2) is 14.7. The van der Waals surface area contributed by atoms with Crippen molar-refractivity contribution < 1.29 is 14.4 Å². The second-order valence-corrected chi connectivity index (χ2v) is 13.6. The summed E-state index contributed by atoms with van der Waals surface area (Å²) in [4.78, 5) is 46.6. The van der Waals surface area contributed by atoms with Gasteiger partial charge in [0.1, 0.15) is 6.54 Å². The van der Waals surface area contributed by atoms with E-state index in [0.29, 0.717) is 51.4 Å². The number of benzene rings is 2. The average molecular weight is 701 g/mol. The van der Waals surface area contributed by atoms with Crippen LogP contribution in [0.25, 0.3) is 0 Å². The van der Waals surface area contributed by atoms with E-state index in [9.17, 15) is 14.4 Å². The predicted octanol–water partition coefficient (Wildman–Crippen LogP) is 4.40. The number of nitrogens with zero attached hydrogens (tertiary/aromatic N) is 7. The van der Waals surface area contributed by atoms with E-state index in [0.717, 1.165) is 62.1 Å². The number of nitrogens with one attached hydrogen (secondary N) is 3. The highest BCUT2D eigenvalue weighted by molar-refractivity contribution is 5.81. The van der Waals surface area contributed by atoms with Crippen molar-refractivity contribution in [3.05, 3.63) is 112 Å². The van der Waals surface area contributed by atoms with Crippen molar-refractivity contribution in [1.29, 1.82) is 0 Å². The molecule has 0 spiro atoms. The first-order valence-electron chi connectivity index (χ1n) is 17.7. The van der Waals surface area contributed by atoms with Crippen LogP contribution in [0.15, 0.2) is 66.9 Å². The summed E-state index contributed by atoms with van der Waals surface area (Å²) >= 11 is 0. The molecule has 0 unspecified atom stereocenters. The summed E-state index contributed by atoms with van der Waals surface area (Å²) in [5, 5.41) is 19.3. The van der Waals surface area contributed by atoms with Gasteiger partial charge in [0.2, 0.25) is 17.7 Å². The van der Waals surface area contributed by atoms with Gasteiger partial charge in [-0.25, -0.2) is 0 Å². The van der Waals surface area contributed by atoms with Crippen molar-refractivity contribution in [1.82, 2.24) is 39.7 Å². The zero-order chi connectivity index (χ0) is 36.4. The van der Waals surface area contributed by atoms with Gasteiger partial charge >= 0.3 is 0 Å². The molecule has 2 aromatic carbocycles. The number of amides is 3. The van der Waals surface area contributed by atoms with E-state index in [1.807, 2.05) is 89.0 Å². The van der Waals surface area contributed by atoms with Crippen molar-refractivity contribution in [2.45, 2.75) is 66.2 Å². The molecule has 5 aromatic rings. The van der Waals surface area contributed by atoms with Crippen LogP contribution >= 0.6 is 0 Å². The summed E-state index contributed by atoms with van der Waals surface area (Å²) in [5.74, 6) is 1.32. The third kappa shape index (κ3) is 7.39. The standard InChI is InChI=1S/C39H44N10O3/c1-25-8-7-10-29(18-25)42-39-33-23-47(17-14-35(33)49(45-39)24-36(51)40-4)37(52)20-28-11-12-30(19-26(28)2)43-38-32-22-46(27(3)50)16-13-34(32)48(44-38)21-31-9-5-6-15-41-31/h5-12,15,18-19H,13-14,16-17,20-24H2,1-4H3,(H,40,51)(H,42,45)(H,43,44). The fourth-order valence-electron chi connectivity index (χ4n) is 7.03. The van der Waals surface area contributed by atoms with E-state index in [-0.39, 0.29) is 30.7 Å². The van der Waals surface area contributed by atoms with E-state index < -0.39 is 0 Å². The van der Waals surface area contributed by atoms with Crippen LogP contribution in [0, 0.1) is 13.8 Å². The number of hydrogen-bond donors (Lipinski definition) is 3. The molecule has 0 saturated heterocycles. The molecule has 0 radical (unpaired) electrons. The Morgan fingerprint density at radius 1 is 0.788 bits per heavy atom. The van der Waals surface area contributed by atoms with Gasteiger partial charge in [-0.1, -0.05) is 24.3 Å². The van der Waals surface area contributed by atoms with Crippen LogP contribution < -0.4 is 16.0 Å². The van der Waals surface area contributed by atoms with Crippen molar-refractivity contribution in [3.8, 4) is 0 Å². The van der Waals surface area contributed by atoms with Crippen LogP contribution in [-0.2, 0) is 59.8 Å². The Morgan fingerprint density at radius 2 is 1.48 bits per heavy atom. The van der Waals surface area contributed by atoms with Gasteiger partial charge in [0.25, 0.3) is 0 Å². The Morgan fingerprint density at radius 3 is 2.15 bits per heavy atom. The Hall–Kier alpha value is -5.98. The molecule has 0 fully saturated rings. The molecule has 2 aliphatic rings. The van der Waals surface area contributed by atoms with Crippen LogP contribution in [-0.4, -0.2) is 72.2 Å². The molecule has 52 heavy (non-hydrogen) atoms. The topological polar surface area (TPSA) is 142 Å². The molecule has 0 saturated carbocycles. The monoisotopic (exact) mass is 700 g/mol. The van der Waals surface area contributed by atoms with E-state index in [2.05, 4.69) is 20.9 Å². The zero-order valence-corrected chi connectivity index (χ0v) is 30.1. The largest absolute Gasteiger partial charge is 0.358 e. The number of fused-ring (bicyclic) bond motifs is 2. The maximum Gasteiger partial charge on any atom is 0.241 e. The maximum atomic E-state index is 13.8. The van der Waals surface area contributed by atoms with E-state index in [1.54, 1.807) is 24.9 Å². The van der Waals surface area contributed by atoms with Gasteiger partial charge in [-0.05, 0) is 66.9 Å². The predicted molar refractivity (Wildman–Crippen MR) is 198 cm³/mol. The quantitative estimate of drug-likeness (QED) is 0.195. The molecule has 3 aromatic heterocycles. The van der Waals surface area contributed by atoms with Gasteiger partial charge in [0.05, 0.1) is 31.7 Å². The lowest BCUT2D eigenvalue weighted by atomic mass is 10.0. The van der Waals surface area contributed by atoms with Crippen LogP contribution in [0.1, 0.15) is 51.8 Å². The first-order chi connectivity index (χ1) is 25.1. The summed E-state index contributed by atoms with van der Waals surface area (Å²) in [6, 6.07) is 19.9. The molecular formula is C39H44N10O3. The lowest BCUT2D eigenvalue weighted by Crippen LogP contribution is -2.38. The first kappa shape index (κ1) is 34.5. The minimum absolute atomic E-state index is 0.0293. The summed E-state index contributed by atoms with van der Waals surface area (Å²) < 4.78 is 3.74. The molecule has 7 rings (SSSR count). The highest BCUT2D eigenvalue weighted by Gasteiger charge is 2.29. The number of likely N-dealkylation sites (N-methyl/N-ethyl adjacent to an activating group) is 1. The molecule has 13 heteroatoms. The van der Waals surface area contributed by atoms with Gasteiger partial charge in [0, 0.05) is 80.0 Å². The van der Waals surface area contributed by atoms with Gasteiger partial charge in [-0.15, -0.1) is 0 Å². The van der Waals surface area contributed by atoms with Gasteiger partial charge in [0.15, 0.2) is 11.6 Å². The number of carbonyl (C=O) groups is 3. The fourth-order valence-corrected chi connectivity index (χ4v) is 7.03. The molecular weight excluding hydrogens is 656 g/mol. The van der Waals surface area contributed by atoms with Crippen LogP contribution in [0.2, 0.25) is 0 Å². The zero-order valence-electron chi connectivity index (χ0n) is 30.1. The Kier molecular flexibility index (Phi) is 9.75. The number of anilines is 4. The van der Waals surface area contributed by atoms with E-state index in [4.69, 9.17) is 10.2 Å². The fraction of sp³-hybridized carbons (Fsp3) is 0.333. The summed E-state index contributed by atoms with van der Waals surface area (Å²) in [6.45, 7) is 8.39. The van der Waals surface area contributed by atoms with Gasteiger partial charge in [-0.3, -0.25) is 28.7 Å². The van der Waals surface area contributed by atoms with Crippen molar-refractivity contribution >= 4 is 40.7 Å². The van der Waals surface area contributed by atoms with E-state index in [1.165, 1.54) is 0 Å². The smallest absolute Gasteiger partial charge is 0.241 e. The molecule has 3 N–H and O–H groups in total. The highest BCUT2D eigenvalue weighted by atomic mass is 16.2. The van der Waals surface area contributed by atoms with Crippen molar-refractivity contribution in [2.75, 3.05) is 30.8 Å². The van der Waals surface area contributed by atoms with Crippen LogP contribution in [0.4, 0.5) is 23.0 Å². The second-order valence-electron chi connectivity index (χ2n) is 13.6.